The van der Waals surface area contributed by atoms with Crippen LogP contribution in [0.5, 0.6) is 0 Å². The van der Waals surface area contributed by atoms with Crippen LogP contribution >= 0.6 is 0 Å². The molecule has 1 fully saturated rings. The monoisotopic (exact) mass is 336 g/mol. The van der Waals surface area contributed by atoms with E-state index in [-0.39, 0.29) is 18.9 Å². The first-order chi connectivity index (χ1) is 11.5. The Labute approximate surface area is 134 Å². The van der Waals surface area contributed by atoms with Gasteiger partial charge in [-0.15, -0.1) is 0 Å². The molecule has 0 aromatic carbocycles. The number of hydrogen-bond acceptors (Lipinski definition) is 6. The number of aryl methyl sites for hydroxylation is 1. The normalized spacial score (nSPS) is 18.9. The summed E-state index contributed by atoms with van der Waals surface area (Å²) in [6.07, 6.45) is 2.99. The van der Waals surface area contributed by atoms with Gasteiger partial charge in [0.15, 0.2) is 5.69 Å². The predicted molar refractivity (Wildman–Crippen MR) is 77.2 cm³/mol. The zero-order valence-electron chi connectivity index (χ0n) is 12.7. The maximum atomic E-state index is 13.1. The minimum Gasteiger partial charge on any atom is -0.394 e. The van der Waals surface area contributed by atoms with Gasteiger partial charge in [-0.1, -0.05) is 5.16 Å². The molecule has 0 amide bonds. The molecule has 3 heterocycles. The molecule has 0 bridgehead atoms. The van der Waals surface area contributed by atoms with E-state index >= 15 is 0 Å². The molecule has 126 valence electrons. The molecule has 1 saturated carbocycles. The summed E-state index contributed by atoms with van der Waals surface area (Å²) < 4.78 is 34.2. The van der Waals surface area contributed by atoms with Gasteiger partial charge >= 0.3 is 0 Å². The van der Waals surface area contributed by atoms with Crippen molar-refractivity contribution in [2.45, 2.75) is 31.9 Å². The van der Waals surface area contributed by atoms with Crippen molar-refractivity contribution in [3.05, 3.63) is 24.2 Å². The Morgan fingerprint density at radius 3 is 2.92 bits per heavy atom. The fourth-order valence-corrected chi connectivity index (χ4v) is 2.50. The van der Waals surface area contributed by atoms with E-state index in [1.54, 1.807) is 23.9 Å². The van der Waals surface area contributed by atoms with Gasteiger partial charge in [-0.05, 0) is 13.0 Å². The number of hydrogen-bond donors (Lipinski definition) is 1. The summed E-state index contributed by atoms with van der Waals surface area (Å²) in [7, 11) is 0. The second-order valence-corrected chi connectivity index (χ2v) is 5.70. The van der Waals surface area contributed by atoms with E-state index in [1.165, 1.54) is 10.9 Å². The Morgan fingerprint density at radius 1 is 1.42 bits per heavy atom. The van der Waals surface area contributed by atoms with Gasteiger partial charge in [-0.25, -0.2) is 8.78 Å². The summed E-state index contributed by atoms with van der Waals surface area (Å²) in [5.41, 5.74) is 1.71. The van der Waals surface area contributed by atoms with E-state index < -0.39 is 12.0 Å². The van der Waals surface area contributed by atoms with Gasteiger partial charge in [0, 0.05) is 18.8 Å². The van der Waals surface area contributed by atoms with Crippen LogP contribution in [0.15, 0.2) is 23.0 Å². The third kappa shape index (κ3) is 2.48. The van der Waals surface area contributed by atoms with Crippen molar-refractivity contribution in [2.75, 3.05) is 6.61 Å². The molecular formula is C14H14F2N6O2. The molecule has 0 aliphatic heterocycles. The predicted octanol–water partition coefficient (Wildman–Crippen LogP) is 1.68. The molecule has 0 radical (unpaired) electrons. The summed E-state index contributed by atoms with van der Waals surface area (Å²) in [5.74, 6) is -2.21. The van der Waals surface area contributed by atoms with Gasteiger partial charge in [-0.2, -0.15) is 15.2 Å². The van der Waals surface area contributed by atoms with E-state index in [9.17, 15) is 8.78 Å². The molecule has 0 spiro atoms. The number of aliphatic hydroxyl groups excluding tert-OH is 1. The van der Waals surface area contributed by atoms with Crippen molar-refractivity contribution < 1.29 is 18.4 Å². The highest BCUT2D eigenvalue weighted by molar-refractivity contribution is 5.59. The highest BCUT2D eigenvalue weighted by atomic mass is 19.3. The Morgan fingerprint density at radius 2 is 2.21 bits per heavy atom. The van der Waals surface area contributed by atoms with E-state index in [0.29, 0.717) is 29.3 Å². The first kappa shape index (κ1) is 14.9. The molecule has 1 N–H and O–H groups in total. The third-order valence-corrected chi connectivity index (χ3v) is 3.88. The van der Waals surface area contributed by atoms with Crippen LogP contribution < -0.4 is 0 Å². The van der Waals surface area contributed by atoms with Crippen LogP contribution in [0.25, 0.3) is 23.0 Å². The number of aliphatic hydroxyl groups is 1. The van der Waals surface area contributed by atoms with E-state index in [0.717, 1.165) is 0 Å². The number of alkyl halides is 2. The van der Waals surface area contributed by atoms with Crippen LogP contribution in [0.2, 0.25) is 0 Å². The zero-order valence-corrected chi connectivity index (χ0v) is 12.7. The quantitative estimate of drug-likeness (QED) is 0.762. The number of rotatable bonds is 5. The number of nitrogens with zero attached hydrogens (tertiary/aromatic N) is 6. The maximum Gasteiger partial charge on any atom is 0.278 e. The minimum atomic E-state index is -2.69. The average Bonchev–Trinajstić information content (AvgIpc) is 3.03. The van der Waals surface area contributed by atoms with Gasteiger partial charge in [-0.3, -0.25) is 9.36 Å². The molecule has 24 heavy (non-hydrogen) atoms. The van der Waals surface area contributed by atoms with E-state index in [2.05, 4.69) is 20.3 Å². The van der Waals surface area contributed by atoms with Gasteiger partial charge in [0.05, 0.1) is 24.4 Å². The summed E-state index contributed by atoms with van der Waals surface area (Å²) >= 11 is 0. The van der Waals surface area contributed by atoms with Crippen LogP contribution in [0, 0.1) is 6.92 Å². The van der Waals surface area contributed by atoms with Gasteiger partial charge in [0.2, 0.25) is 5.82 Å². The van der Waals surface area contributed by atoms with Crippen molar-refractivity contribution in [2.24, 2.45) is 0 Å². The van der Waals surface area contributed by atoms with E-state index in [1.807, 2.05) is 0 Å². The highest BCUT2D eigenvalue weighted by Crippen LogP contribution is 2.52. The SMILES string of the molecule is Cc1nn(CCO)cc1-c1noc(-c2ccn(C3CC3(F)F)n2)n1. The number of halogens is 2. The van der Waals surface area contributed by atoms with Crippen molar-refractivity contribution in [3.63, 3.8) is 0 Å². The lowest BCUT2D eigenvalue weighted by molar-refractivity contribution is 0.0984. The van der Waals surface area contributed by atoms with Gasteiger partial charge in [0.1, 0.15) is 6.04 Å². The fraction of sp³-hybridized carbons (Fsp3) is 0.429. The standard InChI is InChI=1S/C14H14F2N6O2/c1-8-9(7-21(18-8)4-5-23)12-17-13(24-20-12)10-2-3-22(19-10)11-6-14(11,15)16/h2-3,7,11,23H,4-6H2,1H3. The molecule has 1 aliphatic rings. The summed E-state index contributed by atoms with van der Waals surface area (Å²) in [4.78, 5) is 4.26. The molecule has 1 unspecified atom stereocenters. The molecular weight excluding hydrogens is 322 g/mol. The Kier molecular flexibility index (Phi) is 3.23. The Hall–Kier alpha value is -2.62. The molecule has 4 rings (SSSR count). The van der Waals surface area contributed by atoms with Crippen molar-refractivity contribution in [1.29, 1.82) is 0 Å². The molecule has 3 aromatic rings. The molecule has 3 aromatic heterocycles. The smallest absolute Gasteiger partial charge is 0.278 e. The lowest BCUT2D eigenvalue weighted by Crippen LogP contribution is -2.02. The van der Waals surface area contributed by atoms with Gasteiger partial charge in [0.25, 0.3) is 11.8 Å². The van der Waals surface area contributed by atoms with Crippen LogP contribution in [0.4, 0.5) is 8.78 Å². The minimum absolute atomic E-state index is 0.0265. The average molecular weight is 336 g/mol. The topological polar surface area (TPSA) is 94.8 Å². The van der Waals surface area contributed by atoms with Crippen molar-refractivity contribution >= 4 is 0 Å². The maximum absolute atomic E-state index is 13.1. The fourth-order valence-electron chi connectivity index (χ4n) is 2.50. The lowest BCUT2D eigenvalue weighted by atomic mass is 10.2. The lowest BCUT2D eigenvalue weighted by Gasteiger charge is -1.96. The summed E-state index contributed by atoms with van der Waals surface area (Å²) in [6.45, 7) is 2.13. The molecule has 1 aliphatic carbocycles. The zero-order chi connectivity index (χ0) is 16.9. The largest absolute Gasteiger partial charge is 0.394 e. The molecule has 10 heteroatoms. The Balaban J connectivity index is 1.59. The first-order valence-corrected chi connectivity index (χ1v) is 7.40. The van der Waals surface area contributed by atoms with Crippen LogP contribution in [0.3, 0.4) is 0 Å². The third-order valence-electron chi connectivity index (χ3n) is 3.88. The Bertz CT molecular complexity index is 884. The summed E-state index contributed by atoms with van der Waals surface area (Å²) in [5, 5.41) is 21.2. The second kappa shape index (κ2) is 5.20. The van der Waals surface area contributed by atoms with E-state index in [4.69, 9.17) is 9.63 Å². The van der Waals surface area contributed by atoms with Crippen LogP contribution in [-0.4, -0.2) is 47.3 Å². The van der Waals surface area contributed by atoms with Gasteiger partial charge < -0.3 is 9.63 Å². The summed E-state index contributed by atoms with van der Waals surface area (Å²) in [6, 6.07) is 0.667. The number of aromatic nitrogens is 6. The van der Waals surface area contributed by atoms with Crippen molar-refractivity contribution in [3.8, 4) is 23.0 Å². The second-order valence-electron chi connectivity index (χ2n) is 5.70. The first-order valence-electron chi connectivity index (χ1n) is 7.40. The molecule has 8 nitrogen and oxygen atoms in total. The highest BCUT2D eigenvalue weighted by Gasteiger charge is 2.59. The van der Waals surface area contributed by atoms with Crippen LogP contribution in [-0.2, 0) is 6.54 Å². The molecule has 0 saturated heterocycles. The van der Waals surface area contributed by atoms with Crippen molar-refractivity contribution in [1.82, 2.24) is 29.7 Å². The molecule has 1 atom stereocenters. The van der Waals surface area contributed by atoms with Crippen LogP contribution in [0.1, 0.15) is 18.2 Å².